The summed E-state index contributed by atoms with van der Waals surface area (Å²) in [5.41, 5.74) is 2.30. The van der Waals surface area contributed by atoms with Crippen molar-refractivity contribution in [1.29, 1.82) is 0 Å². The highest BCUT2D eigenvalue weighted by molar-refractivity contribution is 7.80. The van der Waals surface area contributed by atoms with Gasteiger partial charge in [-0.2, -0.15) is 0 Å². The molecule has 0 aliphatic heterocycles. The lowest BCUT2D eigenvalue weighted by molar-refractivity contribution is 0.464. The highest BCUT2D eigenvalue weighted by Crippen LogP contribution is 2.17. The predicted molar refractivity (Wildman–Crippen MR) is 87.0 cm³/mol. The minimum Gasteiger partial charge on any atom is -0.467 e. The first-order valence-corrected chi connectivity index (χ1v) is 7.18. The number of hydrogen-bond donors (Lipinski definition) is 2. The standard InChI is InChI=1S/C16H20N2OS/c1-11(2)13-6-8-14(9-7-13)18-16(20)17-12(3)15-5-4-10-19-15/h4-12H,1-3H3,(H2,17,18,20)/t12-/m1/s1. The lowest BCUT2D eigenvalue weighted by atomic mass is 10.0. The summed E-state index contributed by atoms with van der Waals surface area (Å²) in [5, 5.41) is 6.96. The van der Waals surface area contributed by atoms with Crippen molar-refractivity contribution in [2.24, 2.45) is 0 Å². The number of thiocarbonyl (C=S) groups is 1. The molecular formula is C16H20N2OS. The van der Waals surface area contributed by atoms with Crippen LogP contribution in [0.5, 0.6) is 0 Å². The molecule has 2 rings (SSSR count). The molecule has 1 heterocycles. The first-order chi connectivity index (χ1) is 9.56. The highest BCUT2D eigenvalue weighted by Gasteiger charge is 2.09. The Labute approximate surface area is 125 Å². The second-order valence-electron chi connectivity index (χ2n) is 5.11. The van der Waals surface area contributed by atoms with E-state index >= 15 is 0 Å². The van der Waals surface area contributed by atoms with Gasteiger partial charge in [0.15, 0.2) is 5.11 Å². The molecule has 1 aromatic heterocycles. The Morgan fingerprint density at radius 3 is 2.35 bits per heavy atom. The minimum absolute atomic E-state index is 0.0416. The van der Waals surface area contributed by atoms with E-state index in [0.29, 0.717) is 11.0 Å². The van der Waals surface area contributed by atoms with Gasteiger partial charge in [-0.1, -0.05) is 26.0 Å². The summed E-state index contributed by atoms with van der Waals surface area (Å²) in [4.78, 5) is 0. The predicted octanol–water partition coefficient (Wildman–Crippen LogP) is 4.45. The molecule has 0 fully saturated rings. The molecular weight excluding hydrogens is 268 g/mol. The molecule has 0 aliphatic carbocycles. The fourth-order valence-electron chi connectivity index (χ4n) is 1.92. The van der Waals surface area contributed by atoms with Crippen LogP contribution in [0.15, 0.2) is 47.1 Å². The fraction of sp³-hybridized carbons (Fsp3) is 0.312. The van der Waals surface area contributed by atoms with Gasteiger partial charge in [0.1, 0.15) is 5.76 Å². The van der Waals surface area contributed by atoms with Gasteiger partial charge >= 0.3 is 0 Å². The topological polar surface area (TPSA) is 37.2 Å². The van der Waals surface area contributed by atoms with E-state index in [0.717, 1.165) is 11.4 Å². The van der Waals surface area contributed by atoms with E-state index < -0.39 is 0 Å². The summed E-state index contributed by atoms with van der Waals surface area (Å²) >= 11 is 5.31. The van der Waals surface area contributed by atoms with Crippen LogP contribution in [0.3, 0.4) is 0 Å². The monoisotopic (exact) mass is 288 g/mol. The summed E-state index contributed by atoms with van der Waals surface area (Å²) in [6.07, 6.45) is 1.66. The minimum atomic E-state index is 0.0416. The van der Waals surface area contributed by atoms with Crippen molar-refractivity contribution in [3.8, 4) is 0 Å². The Morgan fingerprint density at radius 2 is 1.80 bits per heavy atom. The zero-order chi connectivity index (χ0) is 14.5. The third-order valence-corrected chi connectivity index (χ3v) is 3.37. The summed E-state index contributed by atoms with van der Waals surface area (Å²) in [6.45, 7) is 6.37. The van der Waals surface area contributed by atoms with Gasteiger partial charge < -0.3 is 15.1 Å². The smallest absolute Gasteiger partial charge is 0.171 e. The second-order valence-corrected chi connectivity index (χ2v) is 5.52. The lowest BCUT2D eigenvalue weighted by Crippen LogP contribution is -2.30. The molecule has 0 aliphatic rings. The highest BCUT2D eigenvalue weighted by atomic mass is 32.1. The van der Waals surface area contributed by atoms with Gasteiger partial charge in [0.25, 0.3) is 0 Å². The van der Waals surface area contributed by atoms with E-state index in [2.05, 4.69) is 36.6 Å². The molecule has 20 heavy (non-hydrogen) atoms. The number of furan rings is 1. The van der Waals surface area contributed by atoms with Gasteiger partial charge in [0, 0.05) is 5.69 Å². The van der Waals surface area contributed by atoms with E-state index in [1.165, 1.54) is 5.56 Å². The summed E-state index contributed by atoms with van der Waals surface area (Å²) < 4.78 is 5.34. The molecule has 106 valence electrons. The van der Waals surface area contributed by atoms with Gasteiger partial charge in [0.2, 0.25) is 0 Å². The average molecular weight is 288 g/mol. The lowest BCUT2D eigenvalue weighted by Gasteiger charge is -2.15. The van der Waals surface area contributed by atoms with Crippen LogP contribution in [0.4, 0.5) is 5.69 Å². The summed E-state index contributed by atoms with van der Waals surface area (Å²) in [7, 11) is 0. The van der Waals surface area contributed by atoms with Crippen LogP contribution in [0.25, 0.3) is 0 Å². The van der Waals surface area contributed by atoms with Crippen LogP contribution >= 0.6 is 12.2 Å². The molecule has 0 radical (unpaired) electrons. The number of benzene rings is 1. The molecule has 0 saturated carbocycles. The van der Waals surface area contributed by atoms with Crippen molar-refractivity contribution >= 4 is 23.0 Å². The largest absolute Gasteiger partial charge is 0.467 e. The van der Waals surface area contributed by atoms with Gasteiger partial charge in [-0.3, -0.25) is 0 Å². The molecule has 0 spiro atoms. The van der Waals surface area contributed by atoms with Crippen LogP contribution in [0, 0.1) is 0 Å². The quantitative estimate of drug-likeness (QED) is 0.815. The van der Waals surface area contributed by atoms with Gasteiger partial charge in [-0.25, -0.2) is 0 Å². The fourth-order valence-corrected chi connectivity index (χ4v) is 2.22. The zero-order valence-electron chi connectivity index (χ0n) is 12.0. The zero-order valence-corrected chi connectivity index (χ0v) is 12.8. The van der Waals surface area contributed by atoms with E-state index in [1.54, 1.807) is 6.26 Å². The number of hydrogen-bond acceptors (Lipinski definition) is 2. The maximum Gasteiger partial charge on any atom is 0.171 e. The van der Waals surface area contributed by atoms with E-state index in [4.69, 9.17) is 16.6 Å². The van der Waals surface area contributed by atoms with Crippen LogP contribution in [0.1, 0.15) is 44.1 Å². The van der Waals surface area contributed by atoms with Crippen molar-refractivity contribution in [2.45, 2.75) is 32.7 Å². The van der Waals surface area contributed by atoms with E-state index in [9.17, 15) is 0 Å². The van der Waals surface area contributed by atoms with Crippen LogP contribution in [-0.4, -0.2) is 5.11 Å². The van der Waals surface area contributed by atoms with Gasteiger partial charge in [-0.15, -0.1) is 0 Å². The molecule has 4 heteroatoms. The Balaban J connectivity index is 1.91. The van der Waals surface area contributed by atoms with Crippen molar-refractivity contribution < 1.29 is 4.42 Å². The van der Waals surface area contributed by atoms with Crippen molar-refractivity contribution in [1.82, 2.24) is 5.32 Å². The van der Waals surface area contributed by atoms with Crippen molar-refractivity contribution in [2.75, 3.05) is 5.32 Å². The molecule has 0 unspecified atom stereocenters. The molecule has 1 atom stereocenters. The Morgan fingerprint density at radius 1 is 1.10 bits per heavy atom. The van der Waals surface area contributed by atoms with Crippen LogP contribution in [-0.2, 0) is 0 Å². The molecule has 0 amide bonds. The Hall–Kier alpha value is -1.81. The molecule has 1 aromatic carbocycles. The maximum atomic E-state index is 5.34. The number of nitrogens with one attached hydrogen (secondary N) is 2. The molecule has 2 aromatic rings. The number of rotatable bonds is 4. The third-order valence-electron chi connectivity index (χ3n) is 3.15. The summed E-state index contributed by atoms with van der Waals surface area (Å²) in [6, 6.07) is 12.2. The maximum absolute atomic E-state index is 5.34. The Bertz CT molecular complexity index is 546. The molecule has 0 saturated heterocycles. The molecule has 2 N–H and O–H groups in total. The van der Waals surface area contributed by atoms with Crippen molar-refractivity contribution in [3.63, 3.8) is 0 Å². The van der Waals surface area contributed by atoms with E-state index in [1.807, 2.05) is 31.2 Å². The average Bonchev–Trinajstić information content (AvgIpc) is 2.93. The second kappa shape index (κ2) is 6.57. The Kier molecular flexibility index (Phi) is 4.79. The van der Waals surface area contributed by atoms with Crippen LogP contribution < -0.4 is 10.6 Å². The number of anilines is 1. The first kappa shape index (κ1) is 14.6. The van der Waals surface area contributed by atoms with E-state index in [-0.39, 0.29) is 6.04 Å². The SMILES string of the molecule is CC(C)c1ccc(NC(=S)N[C@H](C)c2ccco2)cc1. The van der Waals surface area contributed by atoms with Gasteiger partial charge in [0.05, 0.1) is 12.3 Å². The van der Waals surface area contributed by atoms with Gasteiger partial charge in [-0.05, 0) is 54.9 Å². The van der Waals surface area contributed by atoms with Crippen LogP contribution in [0.2, 0.25) is 0 Å². The summed E-state index contributed by atoms with van der Waals surface area (Å²) in [5.74, 6) is 1.40. The molecule has 3 nitrogen and oxygen atoms in total. The third kappa shape index (κ3) is 3.84. The normalized spacial score (nSPS) is 12.2. The first-order valence-electron chi connectivity index (χ1n) is 6.77. The van der Waals surface area contributed by atoms with Crippen molar-refractivity contribution in [3.05, 3.63) is 54.0 Å². The molecule has 0 bridgehead atoms.